The molecule has 2 amide bonds. The van der Waals surface area contributed by atoms with Crippen molar-refractivity contribution >= 4 is 11.7 Å². The van der Waals surface area contributed by atoms with Gasteiger partial charge in [-0.15, -0.1) is 0 Å². The normalized spacial score (nSPS) is 16.4. The molecule has 1 N–H and O–H groups in total. The number of aromatic nitrogens is 2. The second kappa shape index (κ2) is 7.80. The summed E-state index contributed by atoms with van der Waals surface area (Å²) >= 11 is 0. The molecular weight excluding hydrogens is 356 g/mol. The minimum absolute atomic E-state index is 0.0518. The second-order valence-corrected chi connectivity index (χ2v) is 6.85. The number of nitrogens with one attached hydrogen (secondary N) is 1. The van der Waals surface area contributed by atoms with Gasteiger partial charge in [0.15, 0.2) is 0 Å². The molecule has 3 aromatic rings. The fraction of sp³-hybridized carbons (Fsp3) is 0.333. The van der Waals surface area contributed by atoms with Crippen molar-refractivity contribution in [2.45, 2.75) is 32.7 Å². The molecule has 1 fully saturated rings. The highest BCUT2D eigenvalue weighted by Gasteiger charge is 2.32. The number of nitrogens with zero attached hydrogens (tertiary/aromatic N) is 3. The zero-order valence-corrected chi connectivity index (χ0v) is 16.1. The molecule has 0 unspecified atom stereocenters. The van der Waals surface area contributed by atoms with E-state index in [-0.39, 0.29) is 12.1 Å². The number of likely N-dealkylation sites (tertiary alicyclic amines) is 1. The largest absolute Gasteiger partial charge is 0.492 e. The smallest absolute Gasteiger partial charge is 0.322 e. The highest BCUT2D eigenvalue weighted by atomic mass is 16.5. The minimum atomic E-state index is -0.134. The molecule has 1 aliphatic rings. The van der Waals surface area contributed by atoms with Crippen LogP contribution in [0.3, 0.4) is 0 Å². The van der Waals surface area contributed by atoms with Crippen LogP contribution in [-0.4, -0.2) is 33.8 Å². The maximum absolute atomic E-state index is 12.9. The Kier molecular flexibility index (Phi) is 5.06. The molecule has 0 radical (unpaired) electrons. The first-order valence-electron chi connectivity index (χ1n) is 9.56. The molecule has 1 aliphatic heterocycles. The number of urea groups is 1. The van der Waals surface area contributed by atoms with Gasteiger partial charge in [0.25, 0.3) is 0 Å². The van der Waals surface area contributed by atoms with E-state index >= 15 is 0 Å². The second-order valence-electron chi connectivity index (χ2n) is 6.85. The third-order valence-corrected chi connectivity index (χ3v) is 4.89. The summed E-state index contributed by atoms with van der Waals surface area (Å²) in [7, 11) is 0. The Hall–Kier alpha value is -3.22. The number of hydrogen-bond donors (Lipinski definition) is 1. The van der Waals surface area contributed by atoms with Crippen LogP contribution in [0.15, 0.2) is 53.3 Å². The van der Waals surface area contributed by atoms with E-state index in [1.165, 1.54) is 0 Å². The number of benzene rings is 1. The fourth-order valence-corrected chi connectivity index (χ4v) is 3.62. The van der Waals surface area contributed by atoms with E-state index in [4.69, 9.17) is 9.26 Å². The first-order chi connectivity index (χ1) is 13.7. The average Bonchev–Trinajstić information content (AvgIpc) is 3.44. The van der Waals surface area contributed by atoms with Crippen molar-refractivity contribution in [1.29, 1.82) is 0 Å². The number of rotatable bonds is 5. The van der Waals surface area contributed by atoms with Gasteiger partial charge in [-0.3, -0.25) is 0 Å². The van der Waals surface area contributed by atoms with E-state index in [1.807, 2.05) is 72.1 Å². The van der Waals surface area contributed by atoms with Gasteiger partial charge in [0.2, 0.25) is 0 Å². The van der Waals surface area contributed by atoms with Crippen LogP contribution in [-0.2, 0) is 0 Å². The van der Waals surface area contributed by atoms with Crippen molar-refractivity contribution in [2.24, 2.45) is 0 Å². The van der Waals surface area contributed by atoms with E-state index in [2.05, 4.69) is 10.5 Å². The molecule has 0 saturated carbocycles. The van der Waals surface area contributed by atoms with Gasteiger partial charge in [-0.05, 0) is 57.0 Å². The van der Waals surface area contributed by atoms with Gasteiger partial charge >= 0.3 is 6.03 Å². The molecule has 28 heavy (non-hydrogen) atoms. The van der Waals surface area contributed by atoms with Crippen LogP contribution >= 0.6 is 0 Å². The topological polar surface area (TPSA) is 72.5 Å². The SMILES string of the molecule is CCOc1ccc(NC(=O)N2CCC[C@H]2c2cc(C)on2)cc1-n1cccc1. The van der Waals surface area contributed by atoms with Crippen LogP contribution < -0.4 is 10.1 Å². The summed E-state index contributed by atoms with van der Waals surface area (Å²) in [6, 6.07) is 11.3. The average molecular weight is 380 g/mol. The molecule has 3 heterocycles. The maximum Gasteiger partial charge on any atom is 0.322 e. The van der Waals surface area contributed by atoms with Crippen molar-refractivity contribution in [3.05, 3.63) is 60.2 Å². The lowest BCUT2D eigenvalue weighted by atomic mass is 10.1. The molecule has 1 aromatic carbocycles. The highest BCUT2D eigenvalue weighted by molar-refractivity contribution is 5.90. The lowest BCUT2D eigenvalue weighted by Gasteiger charge is -2.23. The van der Waals surface area contributed by atoms with Crippen LogP contribution in [0.25, 0.3) is 5.69 Å². The lowest BCUT2D eigenvalue weighted by Crippen LogP contribution is -2.34. The Morgan fingerprint density at radius 3 is 2.86 bits per heavy atom. The van der Waals surface area contributed by atoms with Gasteiger partial charge in [-0.25, -0.2) is 4.79 Å². The van der Waals surface area contributed by atoms with Gasteiger partial charge in [-0.2, -0.15) is 0 Å². The molecule has 4 rings (SSSR count). The van der Waals surface area contributed by atoms with Crippen molar-refractivity contribution in [3.8, 4) is 11.4 Å². The highest BCUT2D eigenvalue weighted by Crippen LogP contribution is 2.33. The quantitative estimate of drug-likeness (QED) is 0.705. The molecule has 0 bridgehead atoms. The molecule has 146 valence electrons. The Morgan fingerprint density at radius 2 is 2.14 bits per heavy atom. The predicted octanol–water partition coefficient (Wildman–Crippen LogP) is 4.54. The molecule has 0 spiro atoms. The zero-order chi connectivity index (χ0) is 19.5. The maximum atomic E-state index is 12.9. The summed E-state index contributed by atoms with van der Waals surface area (Å²) in [6.07, 6.45) is 5.74. The third kappa shape index (κ3) is 3.60. The van der Waals surface area contributed by atoms with Crippen LogP contribution in [0.2, 0.25) is 0 Å². The summed E-state index contributed by atoms with van der Waals surface area (Å²) in [5.41, 5.74) is 2.42. The fourth-order valence-electron chi connectivity index (χ4n) is 3.62. The summed E-state index contributed by atoms with van der Waals surface area (Å²) in [5, 5.41) is 7.12. The number of carbonyl (C=O) groups excluding carboxylic acids is 1. The lowest BCUT2D eigenvalue weighted by molar-refractivity contribution is 0.204. The number of amides is 2. The molecule has 1 atom stereocenters. The standard InChI is InChI=1S/C21H24N4O3/c1-3-27-20-9-8-16(14-19(20)24-10-4-5-11-24)22-21(26)25-12-6-7-18(25)17-13-15(2)28-23-17/h4-5,8-11,13-14,18H,3,6-7,12H2,1-2H3,(H,22,26)/t18-/m0/s1. The molecule has 7 heteroatoms. The minimum Gasteiger partial charge on any atom is -0.492 e. The van der Waals surface area contributed by atoms with Gasteiger partial charge in [0.05, 0.1) is 18.3 Å². The van der Waals surface area contributed by atoms with E-state index in [0.29, 0.717) is 13.2 Å². The zero-order valence-electron chi connectivity index (χ0n) is 16.1. The van der Waals surface area contributed by atoms with Crippen LogP contribution in [0.5, 0.6) is 5.75 Å². The van der Waals surface area contributed by atoms with Gasteiger partial charge in [0.1, 0.15) is 17.2 Å². The Morgan fingerprint density at radius 1 is 1.32 bits per heavy atom. The van der Waals surface area contributed by atoms with Crippen LogP contribution in [0.4, 0.5) is 10.5 Å². The Balaban J connectivity index is 1.55. The molecule has 1 saturated heterocycles. The summed E-state index contributed by atoms with van der Waals surface area (Å²) in [5.74, 6) is 1.53. The molecular formula is C21H24N4O3. The van der Waals surface area contributed by atoms with Crippen molar-refractivity contribution in [1.82, 2.24) is 14.6 Å². The van der Waals surface area contributed by atoms with Crippen LogP contribution in [0.1, 0.15) is 37.3 Å². The number of carbonyl (C=O) groups is 1. The molecule has 7 nitrogen and oxygen atoms in total. The molecule has 2 aromatic heterocycles. The Labute approximate surface area is 163 Å². The number of aryl methyl sites for hydroxylation is 1. The van der Waals surface area contributed by atoms with E-state index < -0.39 is 0 Å². The third-order valence-electron chi connectivity index (χ3n) is 4.89. The molecule has 0 aliphatic carbocycles. The van der Waals surface area contributed by atoms with E-state index in [0.717, 1.165) is 41.4 Å². The summed E-state index contributed by atoms with van der Waals surface area (Å²) in [4.78, 5) is 14.8. The van der Waals surface area contributed by atoms with Gasteiger partial charge in [-0.1, -0.05) is 5.16 Å². The first-order valence-corrected chi connectivity index (χ1v) is 9.56. The van der Waals surface area contributed by atoms with Crippen molar-refractivity contribution in [2.75, 3.05) is 18.5 Å². The van der Waals surface area contributed by atoms with Gasteiger partial charge < -0.3 is 24.0 Å². The number of hydrogen-bond acceptors (Lipinski definition) is 4. The predicted molar refractivity (Wildman–Crippen MR) is 106 cm³/mol. The van der Waals surface area contributed by atoms with Gasteiger partial charge in [0, 0.05) is 30.7 Å². The monoisotopic (exact) mass is 380 g/mol. The Bertz CT molecular complexity index is 948. The van der Waals surface area contributed by atoms with Crippen LogP contribution in [0, 0.1) is 6.92 Å². The van der Waals surface area contributed by atoms with E-state index in [1.54, 1.807) is 0 Å². The van der Waals surface area contributed by atoms with Crippen molar-refractivity contribution in [3.63, 3.8) is 0 Å². The number of ether oxygens (including phenoxy) is 1. The summed E-state index contributed by atoms with van der Waals surface area (Å²) < 4.78 is 12.9. The van der Waals surface area contributed by atoms with Crippen molar-refractivity contribution < 1.29 is 14.1 Å². The number of anilines is 1. The first kappa shape index (κ1) is 18.2. The summed E-state index contributed by atoms with van der Waals surface area (Å²) in [6.45, 7) is 5.09. The van der Waals surface area contributed by atoms with E-state index in [9.17, 15) is 4.79 Å².